The molecule has 2 aliphatic heterocycles. The van der Waals surface area contributed by atoms with Crippen LogP contribution < -0.4 is 10.2 Å². The SMILES string of the molecule is CC(C)c1nc(Cl)cc(N2CCCC3C(=O)NCC32)n1. The fourth-order valence-corrected chi connectivity index (χ4v) is 3.25. The van der Waals surface area contributed by atoms with Crippen LogP contribution in [0.5, 0.6) is 0 Å². The number of carbonyl (C=O) groups excluding carboxylic acids is 1. The van der Waals surface area contributed by atoms with Crippen molar-refractivity contribution in [3.05, 3.63) is 17.0 Å². The van der Waals surface area contributed by atoms with E-state index in [2.05, 4.69) is 34.0 Å². The van der Waals surface area contributed by atoms with Gasteiger partial charge in [-0.3, -0.25) is 4.79 Å². The van der Waals surface area contributed by atoms with Crippen LogP contribution in [0.4, 0.5) is 5.82 Å². The van der Waals surface area contributed by atoms with Crippen molar-refractivity contribution >= 4 is 23.3 Å². The molecule has 0 radical (unpaired) electrons. The molecule has 1 aromatic rings. The highest BCUT2D eigenvalue weighted by Crippen LogP contribution is 2.31. The summed E-state index contributed by atoms with van der Waals surface area (Å²) in [6, 6.07) is 2.00. The molecule has 2 aliphatic rings. The molecule has 1 amide bonds. The first-order chi connectivity index (χ1) is 9.56. The molecule has 0 aromatic carbocycles. The number of halogens is 1. The van der Waals surface area contributed by atoms with Crippen molar-refractivity contribution in [2.24, 2.45) is 5.92 Å². The second-order valence-electron chi connectivity index (χ2n) is 5.82. The minimum atomic E-state index is 0.0833. The highest BCUT2D eigenvalue weighted by Gasteiger charge is 2.41. The van der Waals surface area contributed by atoms with E-state index in [-0.39, 0.29) is 23.8 Å². The highest BCUT2D eigenvalue weighted by molar-refractivity contribution is 6.29. The molecule has 0 spiro atoms. The average Bonchev–Trinajstić information content (AvgIpc) is 2.80. The van der Waals surface area contributed by atoms with Gasteiger partial charge in [0.2, 0.25) is 5.91 Å². The van der Waals surface area contributed by atoms with Crippen molar-refractivity contribution in [1.82, 2.24) is 15.3 Å². The normalized spacial score (nSPS) is 25.8. The number of amides is 1. The van der Waals surface area contributed by atoms with Crippen LogP contribution in [-0.4, -0.2) is 35.0 Å². The van der Waals surface area contributed by atoms with E-state index in [0.717, 1.165) is 31.0 Å². The molecule has 3 heterocycles. The zero-order chi connectivity index (χ0) is 14.3. The lowest BCUT2D eigenvalue weighted by molar-refractivity contribution is -0.122. The van der Waals surface area contributed by atoms with Crippen molar-refractivity contribution in [1.29, 1.82) is 0 Å². The van der Waals surface area contributed by atoms with Gasteiger partial charge < -0.3 is 10.2 Å². The van der Waals surface area contributed by atoms with Crippen LogP contribution in [-0.2, 0) is 4.79 Å². The summed E-state index contributed by atoms with van der Waals surface area (Å²) in [6.07, 6.45) is 1.97. The van der Waals surface area contributed by atoms with Gasteiger partial charge in [-0.1, -0.05) is 25.4 Å². The summed E-state index contributed by atoms with van der Waals surface area (Å²) in [5, 5.41) is 3.43. The summed E-state index contributed by atoms with van der Waals surface area (Å²) in [5.74, 6) is 2.09. The van der Waals surface area contributed by atoms with E-state index in [1.54, 1.807) is 6.07 Å². The molecule has 2 atom stereocenters. The van der Waals surface area contributed by atoms with Crippen LogP contribution in [0.3, 0.4) is 0 Å². The molecule has 2 saturated heterocycles. The van der Waals surface area contributed by atoms with E-state index in [9.17, 15) is 4.79 Å². The fraction of sp³-hybridized carbons (Fsp3) is 0.643. The van der Waals surface area contributed by atoms with E-state index in [1.165, 1.54) is 0 Å². The van der Waals surface area contributed by atoms with Gasteiger partial charge in [0, 0.05) is 25.1 Å². The van der Waals surface area contributed by atoms with Gasteiger partial charge in [-0.25, -0.2) is 9.97 Å². The Balaban J connectivity index is 1.94. The Morgan fingerprint density at radius 1 is 1.45 bits per heavy atom. The summed E-state index contributed by atoms with van der Waals surface area (Å²) < 4.78 is 0. The van der Waals surface area contributed by atoms with Gasteiger partial charge in [0.25, 0.3) is 0 Å². The molecular weight excluding hydrogens is 276 g/mol. The standard InChI is InChI=1S/C14H19ClN4O/c1-8(2)13-17-11(15)6-12(18-13)19-5-3-4-9-10(19)7-16-14(9)20/h6,8-10H,3-5,7H2,1-2H3,(H,16,20). The van der Waals surface area contributed by atoms with Crippen LogP contribution in [0.1, 0.15) is 38.4 Å². The van der Waals surface area contributed by atoms with E-state index in [1.807, 2.05) is 0 Å². The summed E-state index contributed by atoms with van der Waals surface area (Å²) in [5.41, 5.74) is 0. The summed E-state index contributed by atoms with van der Waals surface area (Å²) in [6.45, 7) is 5.72. The first kappa shape index (κ1) is 13.6. The van der Waals surface area contributed by atoms with Gasteiger partial charge in [-0.05, 0) is 12.8 Å². The number of nitrogens with one attached hydrogen (secondary N) is 1. The minimum absolute atomic E-state index is 0.0833. The molecule has 1 N–H and O–H groups in total. The largest absolute Gasteiger partial charge is 0.354 e. The molecule has 20 heavy (non-hydrogen) atoms. The van der Waals surface area contributed by atoms with Gasteiger partial charge in [0.1, 0.15) is 16.8 Å². The Bertz CT molecular complexity index is 534. The first-order valence-electron chi connectivity index (χ1n) is 7.15. The summed E-state index contributed by atoms with van der Waals surface area (Å²) in [4.78, 5) is 23.0. The molecule has 0 bridgehead atoms. The van der Waals surface area contributed by atoms with Gasteiger partial charge in [-0.15, -0.1) is 0 Å². The van der Waals surface area contributed by atoms with E-state index in [4.69, 9.17) is 11.6 Å². The smallest absolute Gasteiger partial charge is 0.225 e. The lowest BCUT2D eigenvalue weighted by atomic mass is 9.91. The van der Waals surface area contributed by atoms with Gasteiger partial charge >= 0.3 is 0 Å². The van der Waals surface area contributed by atoms with Crippen LogP contribution in [0, 0.1) is 5.92 Å². The molecule has 2 fully saturated rings. The molecule has 2 unspecified atom stereocenters. The minimum Gasteiger partial charge on any atom is -0.354 e. The Morgan fingerprint density at radius 2 is 2.25 bits per heavy atom. The van der Waals surface area contributed by atoms with Crippen molar-refractivity contribution in [3.8, 4) is 0 Å². The zero-order valence-corrected chi connectivity index (χ0v) is 12.5. The topological polar surface area (TPSA) is 58.1 Å². The van der Waals surface area contributed by atoms with Crippen molar-refractivity contribution < 1.29 is 4.79 Å². The number of hydrogen-bond acceptors (Lipinski definition) is 4. The second-order valence-corrected chi connectivity index (χ2v) is 6.20. The van der Waals surface area contributed by atoms with Crippen LogP contribution >= 0.6 is 11.6 Å². The molecule has 1 aromatic heterocycles. The molecule has 3 rings (SSSR count). The summed E-state index contributed by atoms with van der Waals surface area (Å²) >= 11 is 6.12. The Hall–Kier alpha value is -1.36. The zero-order valence-electron chi connectivity index (χ0n) is 11.8. The summed E-state index contributed by atoms with van der Waals surface area (Å²) in [7, 11) is 0. The third kappa shape index (κ3) is 2.35. The van der Waals surface area contributed by atoms with E-state index < -0.39 is 0 Å². The number of fused-ring (bicyclic) bond motifs is 1. The molecule has 5 nitrogen and oxygen atoms in total. The number of hydrogen-bond donors (Lipinski definition) is 1. The Morgan fingerprint density at radius 3 is 3.00 bits per heavy atom. The number of anilines is 1. The van der Waals surface area contributed by atoms with Crippen LogP contribution in [0.25, 0.3) is 0 Å². The number of piperidine rings is 1. The molecule has 108 valence electrons. The lowest BCUT2D eigenvalue weighted by Crippen LogP contribution is -2.46. The number of aromatic nitrogens is 2. The Labute approximate surface area is 123 Å². The maximum Gasteiger partial charge on any atom is 0.225 e. The average molecular weight is 295 g/mol. The third-order valence-electron chi connectivity index (χ3n) is 4.11. The van der Waals surface area contributed by atoms with Gasteiger partial charge in [0.05, 0.1) is 12.0 Å². The van der Waals surface area contributed by atoms with E-state index in [0.29, 0.717) is 11.7 Å². The predicted molar refractivity (Wildman–Crippen MR) is 78.0 cm³/mol. The monoisotopic (exact) mass is 294 g/mol. The highest BCUT2D eigenvalue weighted by atomic mass is 35.5. The number of carbonyl (C=O) groups is 1. The fourth-order valence-electron chi connectivity index (χ4n) is 3.06. The number of nitrogens with zero attached hydrogens (tertiary/aromatic N) is 3. The second kappa shape index (κ2) is 5.20. The molecule has 6 heteroatoms. The molecule has 0 saturated carbocycles. The molecular formula is C14H19ClN4O. The van der Waals surface area contributed by atoms with Crippen molar-refractivity contribution in [3.63, 3.8) is 0 Å². The van der Waals surface area contributed by atoms with Crippen LogP contribution in [0.15, 0.2) is 6.07 Å². The quantitative estimate of drug-likeness (QED) is 0.847. The maximum atomic E-state index is 11.8. The van der Waals surface area contributed by atoms with Gasteiger partial charge in [0.15, 0.2) is 0 Å². The van der Waals surface area contributed by atoms with Crippen LogP contribution in [0.2, 0.25) is 5.15 Å². The first-order valence-corrected chi connectivity index (χ1v) is 7.53. The van der Waals surface area contributed by atoms with Crippen molar-refractivity contribution in [2.45, 2.75) is 38.6 Å². The molecule has 0 aliphatic carbocycles. The predicted octanol–water partition coefficient (Wildman–Crippen LogP) is 1.97. The lowest BCUT2D eigenvalue weighted by Gasteiger charge is -2.37. The van der Waals surface area contributed by atoms with Gasteiger partial charge in [-0.2, -0.15) is 0 Å². The van der Waals surface area contributed by atoms with Crippen molar-refractivity contribution in [2.75, 3.05) is 18.0 Å². The van der Waals surface area contributed by atoms with E-state index >= 15 is 0 Å². The third-order valence-corrected chi connectivity index (χ3v) is 4.30. The number of rotatable bonds is 2. The Kier molecular flexibility index (Phi) is 3.54. The maximum absolute atomic E-state index is 11.8.